The van der Waals surface area contributed by atoms with Gasteiger partial charge in [-0.2, -0.15) is 0 Å². The number of carbonyl (C=O) groups is 2. The molecule has 0 radical (unpaired) electrons. The average molecular weight is 365 g/mol. The van der Waals surface area contributed by atoms with Crippen LogP contribution in [0.15, 0.2) is 24.3 Å². The maximum atomic E-state index is 12.1. The first kappa shape index (κ1) is 18.1. The second kappa shape index (κ2) is 7.65. The number of amides is 2. The summed E-state index contributed by atoms with van der Waals surface area (Å²) in [5.74, 6) is -0.979. The zero-order chi connectivity index (χ0) is 17.9. The molecule has 3 rings (SSSR count). The molecular weight excluding hydrogens is 340 g/mol. The maximum Gasteiger partial charge on any atom is 0.315 e. The number of aliphatic carboxylic acids is 1. The second-order valence-corrected chi connectivity index (χ2v) is 7.96. The van der Waals surface area contributed by atoms with Gasteiger partial charge in [-0.3, -0.25) is 4.79 Å². The summed E-state index contributed by atoms with van der Waals surface area (Å²) < 4.78 is 0. The fourth-order valence-electron chi connectivity index (χ4n) is 3.66. The molecule has 2 saturated carbocycles. The van der Waals surface area contributed by atoms with Crippen molar-refractivity contribution in [2.45, 2.75) is 51.0 Å². The fraction of sp³-hybridized carbons (Fsp3) is 0.579. The van der Waals surface area contributed by atoms with E-state index in [9.17, 15) is 9.59 Å². The van der Waals surface area contributed by atoms with Gasteiger partial charge in [-0.05, 0) is 68.1 Å². The lowest BCUT2D eigenvalue weighted by Gasteiger charge is -2.27. The molecule has 2 aliphatic rings. The van der Waals surface area contributed by atoms with Crippen LogP contribution in [0.25, 0.3) is 0 Å². The van der Waals surface area contributed by atoms with Gasteiger partial charge in [-0.15, -0.1) is 0 Å². The third kappa shape index (κ3) is 5.11. The van der Waals surface area contributed by atoms with Crippen molar-refractivity contribution < 1.29 is 14.7 Å². The summed E-state index contributed by atoms with van der Waals surface area (Å²) >= 11 is 6.04. The Balaban J connectivity index is 1.41. The molecule has 1 aromatic rings. The molecule has 25 heavy (non-hydrogen) atoms. The van der Waals surface area contributed by atoms with Crippen molar-refractivity contribution in [3.8, 4) is 0 Å². The Morgan fingerprint density at radius 3 is 2.52 bits per heavy atom. The number of carbonyl (C=O) groups excluding carboxylic acids is 1. The van der Waals surface area contributed by atoms with Gasteiger partial charge in [0.15, 0.2) is 0 Å². The summed E-state index contributed by atoms with van der Waals surface area (Å²) in [4.78, 5) is 23.1. The first-order chi connectivity index (χ1) is 12.0. The number of carboxylic acids is 1. The van der Waals surface area contributed by atoms with E-state index >= 15 is 0 Å². The topological polar surface area (TPSA) is 78.4 Å². The lowest BCUT2D eigenvalue weighted by atomic mass is 9.86. The molecule has 2 amide bonds. The number of urea groups is 1. The number of rotatable bonds is 6. The first-order valence-corrected chi connectivity index (χ1v) is 9.35. The number of benzene rings is 1. The van der Waals surface area contributed by atoms with E-state index in [1.54, 1.807) is 0 Å². The van der Waals surface area contributed by atoms with Gasteiger partial charge in [0.1, 0.15) is 0 Å². The minimum atomic E-state index is -0.723. The zero-order valence-electron chi connectivity index (χ0n) is 14.3. The SMILES string of the molecule is O=C(NCC1(Cc2cccc(Cl)c2)CC1)NC1CCC(C(=O)O)CC1. The van der Waals surface area contributed by atoms with Crippen molar-refractivity contribution >= 4 is 23.6 Å². The number of halogens is 1. The van der Waals surface area contributed by atoms with E-state index in [0.717, 1.165) is 37.1 Å². The van der Waals surface area contributed by atoms with Crippen LogP contribution in [0.4, 0.5) is 4.79 Å². The van der Waals surface area contributed by atoms with Gasteiger partial charge in [0.2, 0.25) is 0 Å². The van der Waals surface area contributed by atoms with Crippen LogP contribution in [-0.4, -0.2) is 29.7 Å². The van der Waals surface area contributed by atoms with Crippen molar-refractivity contribution in [2.24, 2.45) is 11.3 Å². The zero-order valence-corrected chi connectivity index (χ0v) is 15.0. The Kier molecular flexibility index (Phi) is 5.52. The highest BCUT2D eigenvalue weighted by atomic mass is 35.5. The van der Waals surface area contributed by atoms with Crippen LogP contribution in [0.5, 0.6) is 0 Å². The quantitative estimate of drug-likeness (QED) is 0.721. The molecule has 0 aromatic heterocycles. The Morgan fingerprint density at radius 1 is 1.20 bits per heavy atom. The number of hydrogen-bond acceptors (Lipinski definition) is 2. The van der Waals surface area contributed by atoms with E-state index in [1.165, 1.54) is 5.56 Å². The third-order valence-electron chi connectivity index (χ3n) is 5.46. The summed E-state index contributed by atoms with van der Waals surface area (Å²) in [5.41, 5.74) is 1.36. The van der Waals surface area contributed by atoms with Crippen molar-refractivity contribution in [3.05, 3.63) is 34.9 Å². The lowest BCUT2D eigenvalue weighted by molar-refractivity contribution is -0.142. The summed E-state index contributed by atoms with van der Waals surface area (Å²) in [5, 5.41) is 15.8. The van der Waals surface area contributed by atoms with Gasteiger partial charge in [0.05, 0.1) is 5.92 Å². The van der Waals surface area contributed by atoms with E-state index in [0.29, 0.717) is 19.4 Å². The Labute approximate surface area is 153 Å². The van der Waals surface area contributed by atoms with Crippen molar-refractivity contribution in [2.75, 3.05) is 6.54 Å². The molecule has 2 aliphatic carbocycles. The molecule has 5 nitrogen and oxygen atoms in total. The van der Waals surface area contributed by atoms with E-state index in [-0.39, 0.29) is 23.4 Å². The molecule has 0 saturated heterocycles. The molecule has 0 bridgehead atoms. The van der Waals surface area contributed by atoms with Crippen LogP contribution in [-0.2, 0) is 11.2 Å². The molecule has 0 spiro atoms. The van der Waals surface area contributed by atoms with Crippen molar-refractivity contribution in [3.63, 3.8) is 0 Å². The monoisotopic (exact) mass is 364 g/mol. The Morgan fingerprint density at radius 2 is 1.92 bits per heavy atom. The van der Waals surface area contributed by atoms with E-state index in [4.69, 9.17) is 16.7 Å². The van der Waals surface area contributed by atoms with E-state index in [2.05, 4.69) is 16.7 Å². The van der Waals surface area contributed by atoms with Crippen LogP contribution in [0.2, 0.25) is 5.02 Å². The summed E-state index contributed by atoms with van der Waals surface area (Å²) in [6, 6.07) is 7.83. The second-order valence-electron chi connectivity index (χ2n) is 7.52. The van der Waals surface area contributed by atoms with E-state index in [1.807, 2.05) is 18.2 Å². The molecular formula is C19H25ClN2O3. The Bertz CT molecular complexity index is 637. The van der Waals surface area contributed by atoms with E-state index < -0.39 is 5.97 Å². The van der Waals surface area contributed by atoms with Gasteiger partial charge in [0.25, 0.3) is 0 Å². The first-order valence-electron chi connectivity index (χ1n) is 8.97. The van der Waals surface area contributed by atoms with Gasteiger partial charge in [-0.1, -0.05) is 23.7 Å². The normalized spacial score (nSPS) is 24.4. The predicted molar refractivity (Wildman–Crippen MR) is 96.7 cm³/mol. The molecule has 3 N–H and O–H groups in total. The molecule has 2 fully saturated rings. The fourth-order valence-corrected chi connectivity index (χ4v) is 3.87. The molecule has 0 unspecified atom stereocenters. The van der Waals surface area contributed by atoms with Gasteiger partial charge in [0, 0.05) is 17.6 Å². The number of nitrogens with one attached hydrogen (secondary N) is 2. The summed E-state index contributed by atoms with van der Waals surface area (Å²) in [7, 11) is 0. The van der Waals surface area contributed by atoms with Crippen molar-refractivity contribution in [1.82, 2.24) is 10.6 Å². The van der Waals surface area contributed by atoms with Gasteiger partial charge < -0.3 is 15.7 Å². The van der Waals surface area contributed by atoms with Crippen LogP contribution in [0.1, 0.15) is 44.1 Å². The highest BCUT2D eigenvalue weighted by Crippen LogP contribution is 2.47. The minimum Gasteiger partial charge on any atom is -0.481 e. The smallest absolute Gasteiger partial charge is 0.315 e. The van der Waals surface area contributed by atoms with Crippen molar-refractivity contribution in [1.29, 1.82) is 0 Å². The largest absolute Gasteiger partial charge is 0.481 e. The van der Waals surface area contributed by atoms with Crippen LogP contribution in [0.3, 0.4) is 0 Å². The van der Waals surface area contributed by atoms with Crippen LogP contribution in [0, 0.1) is 11.3 Å². The summed E-state index contributed by atoms with van der Waals surface area (Å²) in [6.07, 6.45) is 5.90. The molecule has 0 atom stereocenters. The molecule has 1 aromatic carbocycles. The predicted octanol–water partition coefficient (Wildman–Crippen LogP) is 3.61. The minimum absolute atomic E-state index is 0.0821. The van der Waals surface area contributed by atoms with Crippen LogP contribution < -0.4 is 10.6 Å². The standard InChI is InChI=1S/C19H25ClN2O3/c20-15-3-1-2-13(10-15)11-19(8-9-19)12-21-18(25)22-16-6-4-14(5-7-16)17(23)24/h1-3,10,14,16H,4-9,11-12H2,(H,23,24)(H2,21,22,25). The average Bonchev–Trinajstić information content (AvgIpc) is 3.33. The maximum absolute atomic E-state index is 12.1. The molecule has 6 heteroatoms. The molecule has 0 aliphatic heterocycles. The van der Waals surface area contributed by atoms with Crippen LogP contribution >= 0.6 is 11.6 Å². The third-order valence-corrected chi connectivity index (χ3v) is 5.70. The molecule has 136 valence electrons. The summed E-state index contributed by atoms with van der Waals surface area (Å²) in [6.45, 7) is 0.663. The number of carboxylic acid groups (broad SMARTS) is 1. The lowest BCUT2D eigenvalue weighted by Crippen LogP contribution is -2.45. The molecule has 0 heterocycles. The highest BCUT2D eigenvalue weighted by molar-refractivity contribution is 6.30. The van der Waals surface area contributed by atoms with Gasteiger partial charge >= 0.3 is 12.0 Å². The Hall–Kier alpha value is -1.75. The number of hydrogen-bond donors (Lipinski definition) is 3. The van der Waals surface area contributed by atoms with Gasteiger partial charge in [-0.25, -0.2) is 4.79 Å². The highest BCUT2D eigenvalue weighted by Gasteiger charge is 2.42.